The first-order valence-corrected chi connectivity index (χ1v) is 11.4. The van der Waals surface area contributed by atoms with Crippen LogP contribution in [-0.4, -0.2) is 35.9 Å². The predicted octanol–water partition coefficient (Wildman–Crippen LogP) is 4.32. The second-order valence-corrected chi connectivity index (χ2v) is 10.4. The van der Waals surface area contributed by atoms with Crippen molar-refractivity contribution in [2.75, 3.05) is 25.9 Å². The minimum atomic E-state index is -0.578. The molecule has 1 saturated carbocycles. The average molecular weight is 443 g/mol. The maximum Gasteiger partial charge on any atom is 0.252 e. The van der Waals surface area contributed by atoms with Crippen molar-refractivity contribution in [3.8, 4) is 22.3 Å². The Labute approximate surface area is 192 Å². The number of anilines is 1. The van der Waals surface area contributed by atoms with Crippen molar-refractivity contribution < 1.29 is 9.18 Å². The molecule has 1 saturated heterocycles. The van der Waals surface area contributed by atoms with Crippen LogP contribution in [0.3, 0.4) is 0 Å². The third kappa shape index (κ3) is 3.00. The highest BCUT2D eigenvalue weighted by Gasteiger charge is 2.59. The molecule has 2 aromatic carbocycles. The molecule has 33 heavy (non-hydrogen) atoms. The van der Waals surface area contributed by atoms with Gasteiger partial charge in [0.25, 0.3) is 5.91 Å². The Morgan fingerprint density at radius 1 is 1.06 bits per heavy atom. The van der Waals surface area contributed by atoms with Crippen LogP contribution in [0.25, 0.3) is 22.3 Å². The van der Waals surface area contributed by atoms with Gasteiger partial charge in [-0.2, -0.15) is 4.39 Å². The molecule has 0 bridgehead atoms. The van der Waals surface area contributed by atoms with E-state index in [1.54, 1.807) is 12.1 Å². The van der Waals surface area contributed by atoms with Crippen molar-refractivity contribution in [3.63, 3.8) is 0 Å². The number of nitrogen functional groups attached to an aromatic ring is 1. The molecule has 3 N–H and O–H groups in total. The van der Waals surface area contributed by atoms with Crippen molar-refractivity contribution in [3.05, 3.63) is 71.2 Å². The van der Waals surface area contributed by atoms with Crippen LogP contribution in [0.4, 0.5) is 10.2 Å². The van der Waals surface area contributed by atoms with Crippen LogP contribution in [0.15, 0.2) is 48.5 Å². The van der Waals surface area contributed by atoms with Crippen molar-refractivity contribution in [1.29, 1.82) is 0 Å². The van der Waals surface area contributed by atoms with Gasteiger partial charge < -0.3 is 16.0 Å². The molecule has 0 spiro atoms. The van der Waals surface area contributed by atoms with Gasteiger partial charge in [-0.25, -0.2) is 4.98 Å². The number of rotatable bonds is 3. The smallest absolute Gasteiger partial charge is 0.252 e. The predicted molar refractivity (Wildman–Crippen MR) is 127 cm³/mol. The van der Waals surface area contributed by atoms with Crippen LogP contribution in [0.1, 0.15) is 41.8 Å². The maximum atomic E-state index is 14.9. The fraction of sp³-hybridized carbons (Fsp3) is 0.333. The van der Waals surface area contributed by atoms with Gasteiger partial charge in [-0.05, 0) is 73.7 Å². The molecule has 1 aliphatic carbocycles. The normalized spacial score (nSPS) is 25.0. The summed E-state index contributed by atoms with van der Waals surface area (Å²) in [6.07, 6.45) is 1.24. The number of fused-ring (bicyclic) bond motifs is 2. The number of nitrogens with zero attached hydrogens (tertiary/aromatic N) is 2. The van der Waals surface area contributed by atoms with E-state index in [0.29, 0.717) is 16.7 Å². The molecular formula is C27H27FN4O. The zero-order chi connectivity index (χ0) is 23.1. The molecule has 0 unspecified atom stereocenters. The minimum absolute atomic E-state index is 0.0849. The first-order chi connectivity index (χ1) is 15.7. The Morgan fingerprint density at radius 2 is 1.79 bits per heavy atom. The molecule has 5 nitrogen and oxygen atoms in total. The lowest BCUT2D eigenvalue weighted by Crippen LogP contribution is -2.32. The number of aromatic nitrogens is 1. The van der Waals surface area contributed by atoms with E-state index < -0.39 is 11.5 Å². The van der Waals surface area contributed by atoms with Crippen LogP contribution in [0, 0.1) is 11.9 Å². The molecule has 6 rings (SSSR count). The van der Waals surface area contributed by atoms with E-state index in [9.17, 15) is 9.18 Å². The van der Waals surface area contributed by atoms with Crippen LogP contribution in [-0.2, 0) is 11.0 Å². The summed E-state index contributed by atoms with van der Waals surface area (Å²) in [5.41, 5.74) is 11.5. The fourth-order valence-corrected chi connectivity index (χ4v) is 5.95. The molecule has 168 valence electrons. The average Bonchev–Trinajstić information content (AvgIpc) is 3.26. The number of pyridine rings is 1. The molecule has 3 aromatic rings. The Bertz CT molecular complexity index is 1320. The SMILES string of the molecule is CN1C[C@H]2C[C@@]2(c2ccc(-c3cc(-c4ccc5c(c4)C(C)(C)NC5=O)c(N)nc3F)cc2)C1. The van der Waals surface area contributed by atoms with Crippen LogP contribution in [0.2, 0.25) is 0 Å². The van der Waals surface area contributed by atoms with Crippen molar-refractivity contribution in [2.45, 2.75) is 31.2 Å². The van der Waals surface area contributed by atoms with E-state index in [2.05, 4.69) is 34.4 Å². The van der Waals surface area contributed by atoms with Gasteiger partial charge in [0.2, 0.25) is 5.95 Å². The summed E-state index contributed by atoms with van der Waals surface area (Å²) in [6, 6.07) is 15.6. The van der Waals surface area contributed by atoms with Gasteiger partial charge in [0, 0.05) is 35.2 Å². The van der Waals surface area contributed by atoms with Gasteiger partial charge in [0.05, 0.1) is 5.54 Å². The first kappa shape index (κ1) is 20.4. The van der Waals surface area contributed by atoms with Gasteiger partial charge in [-0.15, -0.1) is 0 Å². The molecule has 0 radical (unpaired) electrons. The molecule has 2 fully saturated rings. The summed E-state index contributed by atoms with van der Waals surface area (Å²) in [5, 5.41) is 2.99. The standard InChI is InChI=1S/C27H27FN4O/c1-26(2)22-10-16(6-9-19(22)25(33)31-26)21-11-20(23(28)30-24(21)29)15-4-7-17(8-5-15)27-12-18(27)13-32(3)14-27/h4-11,18H,12-14H2,1-3H3,(H2,29,30)(H,31,33)/t18-,27+/m1/s1. The number of halogens is 1. The lowest BCUT2D eigenvalue weighted by molar-refractivity contribution is 0.0940. The Balaban J connectivity index is 1.38. The van der Waals surface area contributed by atoms with Gasteiger partial charge >= 0.3 is 0 Å². The lowest BCUT2D eigenvalue weighted by Gasteiger charge is -2.20. The van der Waals surface area contributed by atoms with Gasteiger partial charge in [0.15, 0.2) is 0 Å². The number of piperidine rings is 1. The largest absolute Gasteiger partial charge is 0.383 e. The zero-order valence-electron chi connectivity index (χ0n) is 19.1. The quantitative estimate of drug-likeness (QED) is 0.593. The summed E-state index contributed by atoms with van der Waals surface area (Å²) in [6.45, 7) is 6.17. The molecule has 2 aliphatic heterocycles. The second kappa shape index (κ2) is 6.64. The van der Waals surface area contributed by atoms with E-state index in [1.165, 1.54) is 12.0 Å². The summed E-state index contributed by atoms with van der Waals surface area (Å²) >= 11 is 0. The fourth-order valence-electron chi connectivity index (χ4n) is 5.95. The summed E-state index contributed by atoms with van der Waals surface area (Å²) in [4.78, 5) is 18.7. The Kier molecular flexibility index (Phi) is 4.10. The number of hydrogen-bond donors (Lipinski definition) is 2. The van der Waals surface area contributed by atoms with Crippen LogP contribution < -0.4 is 11.1 Å². The summed E-state index contributed by atoms with van der Waals surface area (Å²) in [5.74, 6) is 0.209. The number of nitrogens with one attached hydrogen (secondary N) is 1. The summed E-state index contributed by atoms with van der Waals surface area (Å²) in [7, 11) is 2.17. The molecule has 3 heterocycles. The van der Waals surface area contributed by atoms with E-state index in [4.69, 9.17) is 5.73 Å². The number of carbonyl (C=O) groups is 1. The molecule has 1 aromatic heterocycles. The number of carbonyl (C=O) groups excluding carboxylic acids is 1. The number of benzene rings is 2. The highest BCUT2D eigenvalue weighted by atomic mass is 19.1. The van der Waals surface area contributed by atoms with Gasteiger partial charge in [-0.3, -0.25) is 4.79 Å². The third-order valence-corrected chi connectivity index (χ3v) is 7.77. The molecule has 3 aliphatic rings. The van der Waals surface area contributed by atoms with Gasteiger partial charge in [-0.1, -0.05) is 30.3 Å². The molecule has 6 heteroatoms. The minimum Gasteiger partial charge on any atom is -0.383 e. The maximum absolute atomic E-state index is 14.9. The lowest BCUT2D eigenvalue weighted by atomic mass is 9.90. The van der Waals surface area contributed by atoms with E-state index in [-0.39, 0.29) is 17.1 Å². The number of nitrogens with two attached hydrogens (primary N) is 1. The number of amides is 1. The molecule has 1 amide bonds. The molecular weight excluding hydrogens is 415 g/mol. The van der Waals surface area contributed by atoms with E-state index in [1.807, 2.05) is 38.1 Å². The highest BCUT2D eigenvalue weighted by Crippen LogP contribution is 2.58. The van der Waals surface area contributed by atoms with E-state index >= 15 is 0 Å². The van der Waals surface area contributed by atoms with E-state index in [0.717, 1.165) is 35.7 Å². The third-order valence-electron chi connectivity index (χ3n) is 7.77. The Hall–Kier alpha value is -3.25. The number of likely N-dealkylation sites (N-methyl/N-ethyl adjacent to an activating group) is 1. The number of hydrogen-bond acceptors (Lipinski definition) is 4. The van der Waals surface area contributed by atoms with Crippen molar-refractivity contribution >= 4 is 11.7 Å². The van der Waals surface area contributed by atoms with Gasteiger partial charge in [0.1, 0.15) is 5.82 Å². The van der Waals surface area contributed by atoms with Crippen molar-refractivity contribution in [1.82, 2.24) is 15.2 Å². The van der Waals surface area contributed by atoms with Crippen LogP contribution >= 0.6 is 0 Å². The topological polar surface area (TPSA) is 71.2 Å². The second-order valence-electron chi connectivity index (χ2n) is 10.4. The molecule has 2 atom stereocenters. The zero-order valence-corrected chi connectivity index (χ0v) is 19.1. The number of likely N-dealkylation sites (tertiary alicyclic amines) is 1. The Morgan fingerprint density at radius 3 is 2.48 bits per heavy atom. The monoisotopic (exact) mass is 442 g/mol. The highest BCUT2D eigenvalue weighted by molar-refractivity contribution is 6.00. The first-order valence-electron chi connectivity index (χ1n) is 11.4. The van der Waals surface area contributed by atoms with Crippen molar-refractivity contribution in [2.24, 2.45) is 5.92 Å². The summed E-state index contributed by atoms with van der Waals surface area (Å²) < 4.78 is 14.9. The van der Waals surface area contributed by atoms with Crippen LogP contribution in [0.5, 0.6) is 0 Å².